The molecule has 1 amide bonds. The fraction of sp³-hybridized carbons (Fsp3) is 0.920. The van der Waals surface area contributed by atoms with Gasteiger partial charge >= 0.3 is 12.1 Å². The Morgan fingerprint density at radius 2 is 1.13 bits per heavy atom. The number of amides is 1. The second kappa shape index (κ2) is 18.5. The van der Waals surface area contributed by atoms with Crippen molar-refractivity contribution in [1.29, 1.82) is 0 Å². The minimum Gasteiger partial charge on any atom is -0.464 e. The highest BCUT2D eigenvalue weighted by Gasteiger charge is 2.34. The minimum absolute atomic E-state index is 0.275. The van der Waals surface area contributed by atoms with Crippen LogP contribution in [0.2, 0.25) is 0 Å². The van der Waals surface area contributed by atoms with Gasteiger partial charge in [-0.05, 0) is 18.8 Å². The lowest BCUT2D eigenvalue weighted by Gasteiger charge is -2.29. The third-order valence-corrected chi connectivity index (χ3v) is 5.38. The molecule has 0 spiro atoms. The average molecular weight is 428 g/mol. The molecule has 0 aliphatic carbocycles. The molecule has 0 heterocycles. The van der Waals surface area contributed by atoms with Crippen LogP contribution in [0.15, 0.2) is 0 Å². The quantitative estimate of drug-likeness (QED) is 0.186. The molecule has 30 heavy (non-hydrogen) atoms. The maximum atomic E-state index is 12.4. The second-order valence-electron chi connectivity index (χ2n) is 9.43. The van der Waals surface area contributed by atoms with Crippen LogP contribution in [0.4, 0.5) is 4.79 Å². The third-order valence-electron chi connectivity index (χ3n) is 5.38. The lowest BCUT2D eigenvalue weighted by Crippen LogP contribution is -2.50. The molecule has 1 N–H and O–H groups in total. The maximum absolute atomic E-state index is 12.4. The van der Waals surface area contributed by atoms with Gasteiger partial charge in [0, 0.05) is 0 Å². The third kappa shape index (κ3) is 16.5. The zero-order valence-corrected chi connectivity index (χ0v) is 20.5. The zero-order valence-electron chi connectivity index (χ0n) is 20.5. The molecule has 0 saturated heterocycles. The number of hydrogen-bond acceptors (Lipinski definition) is 4. The van der Waals surface area contributed by atoms with Crippen LogP contribution in [-0.4, -0.2) is 31.3 Å². The monoisotopic (exact) mass is 427 g/mol. The summed E-state index contributed by atoms with van der Waals surface area (Å²) in [7, 11) is 0. The first kappa shape index (κ1) is 28.7. The number of carbonyl (C=O) groups excluding carboxylic acids is 2. The number of ether oxygens (including phenoxy) is 2. The Balaban J connectivity index is 3.67. The molecule has 0 saturated carbocycles. The van der Waals surface area contributed by atoms with E-state index in [1.54, 1.807) is 6.92 Å². The van der Waals surface area contributed by atoms with Crippen molar-refractivity contribution >= 4 is 12.1 Å². The van der Waals surface area contributed by atoms with Gasteiger partial charge in [0.25, 0.3) is 0 Å². The molecule has 0 fully saturated rings. The first-order chi connectivity index (χ1) is 14.3. The van der Waals surface area contributed by atoms with E-state index < -0.39 is 17.6 Å². The van der Waals surface area contributed by atoms with Crippen molar-refractivity contribution in [3.8, 4) is 0 Å². The summed E-state index contributed by atoms with van der Waals surface area (Å²) >= 11 is 0. The standard InChI is InChI=1S/C25H49NO4/c1-6-8-9-10-11-12-13-14-15-16-17-18-19-20-21-30-23(27)22(25(3,4)5)26-24(28)29-7-2/h22H,6-21H2,1-5H3,(H,26,28). The smallest absolute Gasteiger partial charge is 0.407 e. The van der Waals surface area contributed by atoms with Crippen LogP contribution in [0, 0.1) is 5.41 Å². The Bertz CT molecular complexity index is 431. The normalized spacial score (nSPS) is 12.4. The maximum Gasteiger partial charge on any atom is 0.407 e. The molecular weight excluding hydrogens is 378 g/mol. The Labute approximate surface area is 186 Å². The van der Waals surface area contributed by atoms with Gasteiger partial charge in [-0.1, -0.05) is 111 Å². The molecule has 5 heteroatoms. The van der Waals surface area contributed by atoms with E-state index in [1.165, 1.54) is 77.0 Å². The highest BCUT2D eigenvalue weighted by molar-refractivity contribution is 5.82. The van der Waals surface area contributed by atoms with Gasteiger partial charge < -0.3 is 14.8 Å². The van der Waals surface area contributed by atoms with Gasteiger partial charge in [-0.2, -0.15) is 0 Å². The predicted octanol–water partition coefficient (Wildman–Crippen LogP) is 7.17. The van der Waals surface area contributed by atoms with Crippen LogP contribution in [0.1, 0.15) is 125 Å². The molecule has 0 rings (SSSR count). The number of esters is 1. The summed E-state index contributed by atoms with van der Waals surface area (Å²) in [5, 5.41) is 2.62. The highest BCUT2D eigenvalue weighted by Crippen LogP contribution is 2.21. The molecular formula is C25H49NO4. The van der Waals surface area contributed by atoms with Crippen molar-refractivity contribution in [2.45, 2.75) is 131 Å². The number of nitrogens with one attached hydrogen (secondary N) is 1. The molecule has 0 radical (unpaired) electrons. The van der Waals surface area contributed by atoms with Gasteiger partial charge in [-0.3, -0.25) is 0 Å². The van der Waals surface area contributed by atoms with E-state index >= 15 is 0 Å². The van der Waals surface area contributed by atoms with Crippen molar-refractivity contribution in [3.05, 3.63) is 0 Å². The molecule has 0 aromatic rings. The zero-order chi connectivity index (χ0) is 22.7. The lowest BCUT2D eigenvalue weighted by molar-refractivity contribution is -0.149. The first-order valence-corrected chi connectivity index (χ1v) is 12.4. The van der Waals surface area contributed by atoms with Crippen LogP contribution < -0.4 is 5.32 Å². The molecule has 1 unspecified atom stereocenters. The predicted molar refractivity (Wildman–Crippen MR) is 125 cm³/mol. The van der Waals surface area contributed by atoms with Gasteiger partial charge in [0.15, 0.2) is 0 Å². The van der Waals surface area contributed by atoms with Gasteiger partial charge in [-0.25, -0.2) is 9.59 Å². The number of rotatable bonds is 18. The van der Waals surface area contributed by atoms with E-state index in [-0.39, 0.29) is 12.6 Å². The van der Waals surface area contributed by atoms with Gasteiger partial charge in [-0.15, -0.1) is 0 Å². The SMILES string of the molecule is CCCCCCCCCCCCCCCCOC(=O)C(NC(=O)OCC)C(C)(C)C. The number of unbranched alkanes of at least 4 members (excludes halogenated alkanes) is 13. The largest absolute Gasteiger partial charge is 0.464 e. The van der Waals surface area contributed by atoms with Crippen molar-refractivity contribution < 1.29 is 19.1 Å². The second-order valence-corrected chi connectivity index (χ2v) is 9.43. The molecule has 0 aliphatic heterocycles. The molecule has 0 aromatic heterocycles. The number of alkyl carbamates (subject to hydrolysis) is 1. The van der Waals surface area contributed by atoms with Crippen LogP contribution in [0.5, 0.6) is 0 Å². The van der Waals surface area contributed by atoms with Crippen LogP contribution in [0.25, 0.3) is 0 Å². The van der Waals surface area contributed by atoms with E-state index in [4.69, 9.17) is 9.47 Å². The summed E-state index contributed by atoms with van der Waals surface area (Å²) in [5.74, 6) is -0.384. The minimum atomic E-state index is -0.705. The summed E-state index contributed by atoms with van der Waals surface area (Å²) < 4.78 is 10.3. The molecule has 1 atom stereocenters. The number of carbonyl (C=O) groups is 2. The van der Waals surface area contributed by atoms with E-state index in [2.05, 4.69) is 12.2 Å². The van der Waals surface area contributed by atoms with Crippen molar-refractivity contribution in [3.63, 3.8) is 0 Å². The Morgan fingerprint density at radius 3 is 1.53 bits per heavy atom. The van der Waals surface area contributed by atoms with E-state index in [1.807, 2.05) is 20.8 Å². The Hall–Kier alpha value is -1.26. The summed E-state index contributed by atoms with van der Waals surface area (Å²) in [4.78, 5) is 24.0. The van der Waals surface area contributed by atoms with Gasteiger partial charge in [0.05, 0.1) is 13.2 Å². The van der Waals surface area contributed by atoms with Crippen LogP contribution >= 0.6 is 0 Å². The van der Waals surface area contributed by atoms with Crippen molar-refractivity contribution in [2.24, 2.45) is 5.41 Å². The topological polar surface area (TPSA) is 64.6 Å². The Kier molecular flexibility index (Phi) is 17.7. The summed E-state index contributed by atoms with van der Waals surface area (Å²) in [6, 6.07) is -0.705. The number of hydrogen-bond donors (Lipinski definition) is 1. The molecule has 5 nitrogen and oxygen atoms in total. The highest BCUT2D eigenvalue weighted by atomic mass is 16.6. The fourth-order valence-corrected chi connectivity index (χ4v) is 3.47. The lowest BCUT2D eigenvalue weighted by atomic mass is 9.87. The summed E-state index contributed by atoms with van der Waals surface area (Å²) in [6.07, 6.45) is 17.6. The van der Waals surface area contributed by atoms with Gasteiger partial charge in [0.2, 0.25) is 0 Å². The van der Waals surface area contributed by atoms with Crippen molar-refractivity contribution in [1.82, 2.24) is 5.32 Å². The summed E-state index contributed by atoms with van der Waals surface area (Å²) in [5.41, 5.74) is -0.431. The van der Waals surface area contributed by atoms with Crippen LogP contribution in [-0.2, 0) is 14.3 Å². The molecule has 0 aliphatic rings. The van der Waals surface area contributed by atoms with E-state index in [0.29, 0.717) is 6.61 Å². The average Bonchev–Trinajstić information content (AvgIpc) is 2.68. The molecule has 178 valence electrons. The van der Waals surface area contributed by atoms with Crippen molar-refractivity contribution in [2.75, 3.05) is 13.2 Å². The van der Waals surface area contributed by atoms with E-state index in [0.717, 1.165) is 12.8 Å². The fourth-order valence-electron chi connectivity index (χ4n) is 3.47. The Morgan fingerprint density at radius 1 is 0.700 bits per heavy atom. The van der Waals surface area contributed by atoms with Gasteiger partial charge in [0.1, 0.15) is 6.04 Å². The summed E-state index contributed by atoms with van der Waals surface area (Å²) in [6.45, 7) is 10.4. The first-order valence-electron chi connectivity index (χ1n) is 12.4. The van der Waals surface area contributed by atoms with E-state index in [9.17, 15) is 9.59 Å². The van der Waals surface area contributed by atoms with Crippen LogP contribution in [0.3, 0.4) is 0 Å². The molecule has 0 aromatic carbocycles. The molecule has 0 bridgehead atoms.